The van der Waals surface area contributed by atoms with E-state index in [9.17, 15) is 0 Å². The second-order valence-electron chi connectivity index (χ2n) is 4.38. The van der Waals surface area contributed by atoms with Crippen LogP contribution in [0.25, 0.3) is 10.9 Å². The van der Waals surface area contributed by atoms with Gasteiger partial charge in [0.1, 0.15) is 5.36 Å². The summed E-state index contributed by atoms with van der Waals surface area (Å²) in [5.74, 6) is 0. The zero-order valence-electron chi connectivity index (χ0n) is 9.17. The second-order valence-corrected chi connectivity index (χ2v) is 4.38. The second kappa shape index (κ2) is 3.17. The monoisotopic (exact) mass is 221 g/mol. The zero-order valence-corrected chi connectivity index (χ0v) is 9.17. The van der Waals surface area contributed by atoms with Crippen LogP contribution in [0.2, 0.25) is 0 Å². The highest BCUT2D eigenvalue weighted by molar-refractivity contribution is 5.78. The number of H-pyrrole nitrogens is 1. The molecule has 0 amide bonds. The van der Waals surface area contributed by atoms with Gasteiger partial charge >= 0.3 is 0 Å². The van der Waals surface area contributed by atoms with Gasteiger partial charge in [0.25, 0.3) is 0 Å². The Bertz CT molecular complexity index is 764. The number of nitrogens with one attached hydrogen (secondary N) is 1. The molecule has 0 bridgehead atoms. The molecule has 0 spiro atoms. The van der Waals surface area contributed by atoms with Gasteiger partial charge in [0.15, 0.2) is 5.49 Å². The van der Waals surface area contributed by atoms with Gasteiger partial charge in [0, 0.05) is 10.9 Å². The minimum Gasteiger partial charge on any atom is -0.338 e. The molecular weight excluding hydrogens is 210 g/mol. The lowest BCUT2D eigenvalue weighted by atomic mass is 10.0. The minimum absolute atomic E-state index is 0.153. The van der Waals surface area contributed by atoms with Crippen molar-refractivity contribution >= 4 is 10.9 Å². The molecule has 0 unspecified atom stereocenters. The minimum atomic E-state index is 0.153. The number of rotatable bonds is 0. The molecule has 3 nitrogen and oxygen atoms in total. The van der Waals surface area contributed by atoms with Crippen LogP contribution in [0.3, 0.4) is 0 Å². The lowest BCUT2D eigenvalue weighted by Crippen LogP contribution is -2.37. The molecule has 0 saturated heterocycles. The Balaban J connectivity index is 2.11. The average molecular weight is 221 g/mol. The fourth-order valence-corrected chi connectivity index (χ4v) is 2.46. The number of aromatic amines is 1. The zero-order chi connectivity index (χ0) is 11.2. The van der Waals surface area contributed by atoms with E-state index in [0.717, 1.165) is 21.7 Å². The van der Waals surface area contributed by atoms with E-state index >= 15 is 0 Å². The average Bonchev–Trinajstić information content (AvgIpc) is 2.73. The first-order chi connectivity index (χ1) is 8.42. The smallest absolute Gasteiger partial charge is 0.152 e. The normalized spacial score (nSPS) is 24.9. The fourth-order valence-electron chi connectivity index (χ4n) is 2.46. The Kier molecular flexibility index (Phi) is 1.66. The third kappa shape index (κ3) is 1.22. The summed E-state index contributed by atoms with van der Waals surface area (Å²) < 4.78 is 0. The molecule has 4 rings (SSSR count). The molecule has 1 aromatic heterocycles. The van der Waals surface area contributed by atoms with E-state index in [0.29, 0.717) is 0 Å². The Morgan fingerprint density at radius 3 is 2.59 bits per heavy atom. The third-order valence-corrected chi connectivity index (χ3v) is 3.29. The van der Waals surface area contributed by atoms with Crippen LogP contribution in [0.4, 0.5) is 0 Å². The summed E-state index contributed by atoms with van der Waals surface area (Å²) in [7, 11) is 0. The van der Waals surface area contributed by atoms with E-state index in [4.69, 9.17) is 9.98 Å². The first-order valence-electron chi connectivity index (χ1n) is 5.79. The SMILES string of the molecule is C1=C[C@@H]2N=c3[nH]c4ccccc4c3=N[C@H]2C=C1. The van der Waals surface area contributed by atoms with E-state index in [1.54, 1.807) is 0 Å². The molecule has 2 aromatic rings. The molecular formula is C14H11N3. The molecule has 1 aromatic carbocycles. The number of hydrogen-bond acceptors (Lipinski definition) is 2. The highest BCUT2D eigenvalue weighted by Gasteiger charge is 2.20. The van der Waals surface area contributed by atoms with Crippen LogP contribution in [-0.4, -0.2) is 17.1 Å². The summed E-state index contributed by atoms with van der Waals surface area (Å²) in [5, 5.41) is 2.16. The number of benzene rings is 1. The van der Waals surface area contributed by atoms with Gasteiger partial charge in [-0.3, -0.25) is 9.98 Å². The number of allylic oxidation sites excluding steroid dienone is 2. The van der Waals surface area contributed by atoms with Crippen molar-refractivity contribution in [2.24, 2.45) is 9.98 Å². The predicted molar refractivity (Wildman–Crippen MR) is 66.5 cm³/mol. The van der Waals surface area contributed by atoms with Gasteiger partial charge in [-0.05, 0) is 6.07 Å². The summed E-state index contributed by atoms with van der Waals surface area (Å²) in [6.45, 7) is 0. The lowest BCUT2D eigenvalue weighted by molar-refractivity contribution is 0.642. The standard InChI is InChI=1S/C14H11N3/c1-2-6-10-9(5-1)13-14(16-10)17-12-8-4-3-7-11(12)15-13/h1-8,11-12H,(H,16,17)/t11-,12-/m0/s1. The van der Waals surface area contributed by atoms with E-state index in [-0.39, 0.29) is 12.1 Å². The summed E-state index contributed by atoms with van der Waals surface area (Å²) in [6.07, 6.45) is 8.29. The quantitative estimate of drug-likeness (QED) is 0.696. The van der Waals surface area contributed by atoms with Crippen LogP contribution in [0.15, 0.2) is 58.6 Å². The van der Waals surface area contributed by atoms with Crippen LogP contribution >= 0.6 is 0 Å². The van der Waals surface area contributed by atoms with Gasteiger partial charge in [-0.1, -0.05) is 42.5 Å². The maximum absolute atomic E-state index is 4.79. The molecule has 82 valence electrons. The van der Waals surface area contributed by atoms with Crippen molar-refractivity contribution in [2.45, 2.75) is 12.1 Å². The van der Waals surface area contributed by atoms with Crippen molar-refractivity contribution in [1.82, 2.24) is 4.98 Å². The number of fused-ring (bicyclic) bond motifs is 4. The summed E-state index contributed by atoms with van der Waals surface area (Å²) >= 11 is 0. The molecule has 0 fully saturated rings. The highest BCUT2D eigenvalue weighted by atomic mass is 15.0. The van der Waals surface area contributed by atoms with Crippen molar-refractivity contribution in [2.75, 3.05) is 0 Å². The molecule has 2 aliphatic rings. The third-order valence-electron chi connectivity index (χ3n) is 3.29. The van der Waals surface area contributed by atoms with Gasteiger partial charge < -0.3 is 4.98 Å². The first kappa shape index (κ1) is 8.93. The largest absolute Gasteiger partial charge is 0.338 e. The topological polar surface area (TPSA) is 40.5 Å². The number of hydrogen-bond donors (Lipinski definition) is 1. The fraction of sp³-hybridized carbons (Fsp3) is 0.143. The van der Waals surface area contributed by atoms with Crippen LogP contribution in [0.5, 0.6) is 0 Å². The Morgan fingerprint density at radius 2 is 1.71 bits per heavy atom. The molecule has 1 N–H and O–H groups in total. The molecule has 1 aliphatic heterocycles. The van der Waals surface area contributed by atoms with Crippen molar-refractivity contribution in [3.63, 3.8) is 0 Å². The summed E-state index contributed by atoms with van der Waals surface area (Å²) in [5.41, 5.74) is 2.02. The Labute approximate surface area is 97.9 Å². The van der Waals surface area contributed by atoms with Crippen LogP contribution in [-0.2, 0) is 0 Å². The maximum atomic E-state index is 4.79. The van der Waals surface area contributed by atoms with Crippen molar-refractivity contribution < 1.29 is 0 Å². The van der Waals surface area contributed by atoms with Crippen molar-refractivity contribution in [1.29, 1.82) is 0 Å². The van der Waals surface area contributed by atoms with Crippen molar-refractivity contribution in [3.8, 4) is 0 Å². The first-order valence-corrected chi connectivity index (χ1v) is 5.79. The molecule has 0 radical (unpaired) electrons. The van der Waals surface area contributed by atoms with Crippen LogP contribution in [0, 0.1) is 0 Å². The molecule has 2 atom stereocenters. The molecule has 3 heteroatoms. The summed E-state index contributed by atoms with van der Waals surface area (Å²) in [4.78, 5) is 12.8. The predicted octanol–water partition coefficient (Wildman–Crippen LogP) is 1.28. The van der Waals surface area contributed by atoms with E-state index < -0.39 is 0 Å². The van der Waals surface area contributed by atoms with Gasteiger partial charge in [-0.15, -0.1) is 0 Å². The van der Waals surface area contributed by atoms with Gasteiger partial charge in [-0.2, -0.15) is 0 Å². The number of nitrogens with zero attached hydrogens (tertiary/aromatic N) is 2. The molecule has 1 aliphatic carbocycles. The molecule has 2 heterocycles. The Morgan fingerprint density at radius 1 is 0.941 bits per heavy atom. The van der Waals surface area contributed by atoms with E-state index in [1.165, 1.54) is 0 Å². The van der Waals surface area contributed by atoms with E-state index in [1.807, 2.05) is 24.3 Å². The highest BCUT2D eigenvalue weighted by Crippen LogP contribution is 2.14. The Hall–Kier alpha value is -2.16. The van der Waals surface area contributed by atoms with Crippen LogP contribution in [0.1, 0.15) is 0 Å². The molecule has 0 saturated carbocycles. The van der Waals surface area contributed by atoms with Gasteiger partial charge in [0.05, 0.1) is 12.1 Å². The van der Waals surface area contributed by atoms with Crippen molar-refractivity contribution in [3.05, 3.63) is 59.4 Å². The van der Waals surface area contributed by atoms with Crippen LogP contribution < -0.4 is 10.8 Å². The van der Waals surface area contributed by atoms with Gasteiger partial charge in [-0.25, -0.2) is 0 Å². The van der Waals surface area contributed by atoms with E-state index in [2.05, 4.69) is 29.3 Å². The van der Waals surface area contributed by atoms with Gasteiger partial charge in [0.2, 0.25) is 0 Å². The number of aromatic nitrogens is 1. The molecule has 17 heavy (non-hydrogen) atoms. The number of para-hydroxylation sites is 1. The maximum Gasteiger partial charge on any atom is 0.152 e. The summed E-state index contributed by atoms with van der Waals surface area (Å²) in [6, 6.07) is 8.53. The lowest BCUT2D eigenvalue weighted by Gasteiger charge is -2.18.